The fourth-order valence-electron chi connectivity index (χ4n) is 2.36. The highest BCUT2D eigenvalue weighted by atomic mass is 32.2. The van der Waals surface area contributed by atoms with Gasteiger partial charge >= 0.3 is 0 Å². The summed E-state index contributed by atoms with van der Waals surface area (Å²) in [7, 11) is -3.35. The second-order valence-corrected chi connectivity index (χ2v) is 7.54. The summed E-state index contributed by atoms with van der Waals surface area (Å²) in [6.07, 6.45) is 2.07. The Morgan fingerprint density at radius 2 is 2.00 bits per heavy atom. The van der Waals surface area contributed by atoms with Crippen LogP contribution in [0.25, 0.3) is 0 Å². The molecule has 7 heteroatoms. The molecular formula is C16H21N3O3S. The maximum absolute atomic E-state index is 12.4. The van der Waals surface area contributed by atoms with Crippen molar-refractivity contribution in [3.63, 3.8) is 0 Å². The minimum atomic E-state index is -3.35. The van der Waals surface area contributed by atoms with Crippen LogP contribution in [0.3, 0.4) is 0 Å². The number of nitrogens with one attached hydrogen (secondary N) is 1. The van der Waals surface area contributed by atoms with Gasteiger partial charge in [-0.25, -0.2) is 8.42 Å². The third-order valence-electron chi connectivity index (χ3n) is 3.58. The minimum absolute atomic E-state index is 0.125. The highest BCUT2D eigenvalue weighted by Gasteiger charge is 2.16. The number of carbonyl (C=O) groups excluding carboxylic acids is 1. The summed E-state index contributed by atoms with van der Waals surface area (Å²) in [5.74, 6) is -0.349. The standard InChI is InChI=1S/C16H21N3O3S/c1-5-9-19-12(3)15(11(2)18-19)17-16(20)13-7-6-8-14(10-13)23(4,21)22/h6-8,10H,5,9H2,1-4H3,(H,17,20). The number of sulfone groups is 1. The molecule has 2 rings (SSSR count). The molecule has 1 amide bonds. The molecule has 0 unspecified atom stereocenters. The molecule has 0 bridgehead atoms. The maximum atomic E-state index is 12.4. The van der Waals surface area contributed by atoms with Crippen molar-refractivity contribution in [3.05, 3.63) is 41.2 Å². The first-order valence-electron chi connectivity index (χ1n) is 7.39. The van der Waals surface area contributed by atoms with Crippen LogP contribution < -0.4 is 5.32 Å². The van der Waals surface area contributed by atoms with Crippen molar-refractivity contribution in [2.45, 2.75) is 38.6 Å². The lowest BCUT2D eigenvalue weighted by molar-refractivity contribution is 0.102. The quantitative estimate of drug-likeness (QED) is 0.910. The van der Waals surface area contributed by atoms with Crippen LogP contribution in [0.4, 0.5) is 5.69 Å². The minimum Gasteiger partial charge on any atom is -0.319 e. The van der Waals surface area contributed by atoms with Crippen molar-refractivity contribution in [2.75, 3.05) is 11.6 Å². The first-order valence-corrected chi connectivity index (χ1v) is 9.28. The van der Waals surface area contributed by atoms with Gasteiger partial charge in [-0.05, 0) is 38.5 Å². The average molecular weight is 335 g/mol. The number of carbonyl (C=O) groups is 1. The van der Waals surface area contributed by atoms with Gasteiger partial charge in [0.05, 0.1) is 22.0 Å². The summed E-state index contributed by atoms with van der Waals surface area (Å²) in [5.41, 5.74) is 2.60. The van der Waals surface area contributed by atoms with Gasteiger partial charge in [0, 0.05) is 18.4 Å². The Morgan fingerprint density at radius 3 is 2.61 bits per heavy atom. The Morgan fingerprint density at radius 1 is 1.30 bits per heavy atom. The predicted molar refractivity (Wildman–Crippen MR) is 89.5 cm³/mol. The molecule has 23 heavy (non-hydrogen) atoms. The Kier molecular flexibility index (Phi) is 4.89. The van der Waals surface area contributed by atoms with Crippen LogP contribution in [0.1, 0.15) is 35.1 Å². The van der Waals surface area contributed by atoms with Gasteiger partial charge in [0.25, 0.3) is 5.91 Å². The maximum Gasteiger partial charge on any atom is 0.255 e. The van der Waals surface area contributed by atoms with E-state index >= 15 is 0 Å². The number of benzene rings is 1. The first kappa shape index (κ1) is 17.2. The highest BCUT2D eigenvalue weighted by molar-refractivity contribution is 7.90. The van der Waals surface area contributed by atoms with Crippen molar-refractivity contribution in [3.8, 4) is 0 Å². The molecule has 1 heterocycles. The Labute approximate surface area is 136 Å². The van der Waals surface area contributed by atoms with Crippen LogP contribution in [0.15, 0.2) is 29.2 Å². The lowest BCUT2D eigenvalue weighted by atomic mass is 10.2. The molecule has 0 atom stereocenters. The van der Waals surface area contributed by atoms with Crippen LogP contribution in [0, 0.1) is 13.8 Å². The molecule has 124 valence electrons. The predicted octanol–water partition coefficient (Wildman–Crippen LogP) is 2.57. The van der Waals surface area contributed by atoms with Gasteiger partial charge in [-0.15, -0.1) is 0 Å². The number of rotatable bonds is 5. The lowest BCUT2D eigenvalue weighted by Gasteiger charge is -2.07. The van der Waals surface area contributed by atoms with Gasteiger partial charge in [0.2, 0.25) is 0 Å². The summed E-state index contributed by atoms with van der Waals surface area (Å²) in [6, 6.07) is 6.00. The third-order valence-corrected chi connectivity index (χ3v) is 4.69. The Hall–Kier alpha value is -2.15. The van der Waals surface area contributed by atoms with E-state index < -0.39 is 9.84 Å². The van der Waals surface area contributed by atoms with E-state index in [0.717, 1.165) is 30.6 Å². The normalized spacial score (nSPS) is 11.5. The second-order valence-electron chi connectivity index (χ2n) is 5.52. The largest absolute Gasteiger partial charge is 0.319 e. The molecule has 0 aliphatic rings. The van der Waals surface area contributed by atoms with Gasteiger partial charge < -0.3 is 5.32 Å². The van der Waals surface area contributed by atoms with Crippen molar-refractivity contribution < 1.29 is 13.2 Å². The summed E-state index contributed by atoms with van der Waals surface area (Å²) in [6.45, 7) is 6.58. The zero-order chi connectivity index (χ0) is 17.2. The topological polar surface area (TPSA) is 81.1 Å². The molecule has 0 saturated heterocycles. The van der Waals surface area contributed by atoms with Crippen molar-refractivity contribution in [1.82, 2.24) is 9.78 Å². The van der Waals surface area contributed by atoms with E-state index in [-0.39, 0.29) is 10.8 Å². The van der Waals surface area contributed by atoms with E-state index in [4.69, 9.17) is 0 Å². The molecule has 0 aliphatic carbocycles. The summed E-state index contributed by atoms with van der Waals surface area (Å²) in [4.78, 5) is 12.5. The Bertz CT molecular complexity index is 838. The van der Waals surface area contributed by atoms with E-state index in [1.165, 1.54) is 12.1 Å². The number of hydrogen-bond acceptors (Lipinski definition) is 4. The average Bonchev–Trinajstić information content (AvgIpc) is 2.74. The van der Waals surface area contributed by atoms with Crippen LogP contribution in [-0.4, -0.2) is 30.4 Å². The van der Waals surface area contributed by atoms with E-state index in [0.29, 0.717) is 11.3 Å². The van der Waals surface area contributed by atoms with Crippen LogP contribution in [0.5, 0.6) is 0 Å². The van der Waals surface area contributed by atoms with Crippen molar-refractivity contribution in [2.24, 2.45) is 0 Å². The molecule has 2 aromatic rings. The highest BCUT2D eigenvalue weighted by Crippen LogP contribution is 2.21. The number of anilines is 1. The molecule has 0 aliphatic heterocycles. The molecule has 0 radical (unpaired) electrons. The zero-order valence-corrected chi connectivity index (χ0v) is 14.6. The van der Waals surface area contributed by atoms with Crippen LogP contribution in [0.2, 0.25) is 0 Å². The molecule has 1 N–H and O–H groups in total. The number of aryl methyl sites for hydroxylation is 2. The number of aromatic nitrogens is 2. The smallest absolute Gasteiger partial charge is 0.255 e. The van der Waals surface area contributed by atoms with Gasteiger partial charge in [0.15, 0.2) is 9.84 Å². The lowest BCUT2D eigenvalue weighted by Crippen LogP contribution is -2.14. The molecule has 0 spiro atoms. The van der Waals surface area contributed by atoms with E-state index in [1.54, 1.807) is 12.1 Å². The number of amides is 1. The molecular weight excluding hydrogens is 314 g/mol. The fourth-order valence-corrected chi connectivity index (χ4v) is 3.03. The van der Waals surface area contributed by atoms with Crippen molar-refractivity contribution >= 4 is 21.4 Å². The third kappa shape index (κ3) is 3.79. The summed E-state index contributed by atoms with van der Waals surface area (Å²) < 4.78 is 25.1. The van der Waals surface area contributed by atoms with Crippen LogP contribution in [-0.2, 0) is 16.4 Å². The van der Waals surface area contributed by atoms with E-state index in [9.17, 15) is 13.2 Å². The molecule has 1 aromatic heterocycles. The van der Waals surface area contributed by atoms with Crippen molar-refractivity contribution in [1.29, 1.82) is 0 Å². The molecule has 6 nitrogen and oxygen atoms in total. The molecule has 0 fully saturated rings. The van der Waals surface area contributed by atoms with Crippen LogP contribution >= 0.6 is 0 Å². The number of hydrogen-bond donors (Lipinski definition) is 1. The summed E-state index contributed by atoms with van der Waals surface area (Å²) in [5, 5.41) is 7.24. The Balaban J connectivity index is 2.30. The molecule has 0 saturated carbocycles. The first-order chi connectivity index (χ1) is 10.7. The van der Waals surface area contributed by atoms with Gasteiger partial charge in [-0.3, -0.25) is 9.48 Å². The van der Waals surface area contributed by atoms with Gasteiger partial charge in [0.1, 0.15) is 0 Å². The van der Waals surface area contributed by atoms with E-state index in [2.05, 4.69) is 17.3 Å². The van der Waals surface area contributed by atoms with Gasteiger partial charge in [-0.2, -0.15) is 5.10 Å². The second kappa shape index (κ2) is 6.54. The number of nitrogens with zero attached hydrogens (tertiary/aromatic N) is 2. The molecule has 1 aromatic carbocycles. The SMILES string of the molecule is CCCn1nc(C)c(NC(=O)c2cccc(S(C)(=O)=O)c2)c1C. The fraction of sp³-hybridized carbons (Fsp3) is 0.375. The van der Waals surface area contributed by atoms with E-state index in [1.807, 2.05) is 18.5 Å². The monoisotopic (exact) mass is 335 g/mol. The summed E-state index contributed by atoms with van der Waals surface area (Å²) >= 11 is 0. The van der Waals surface area contributed by atoms with Gasteiger partial charge in [-0.1, -0.05) is 13.0 Å². The zero-order valence-electron chi connectivity index (χ0n) is 13.8.